The lowest BCUT2D eigenvalue weighted by Crippen LogP contribution is -2.23. The summed E-state index contributed by atoms with van der Waals surface area (Å²) >= 11 is 0. The Bertz CT molecular complexity index is 566. The molecule has 1 amide bonds. The number of aromatic nitrogens is 2. The van der Waals surface area contributed by atoms with Gasteiger partial charge in [0.25, 0.3) is 0 Å². The van der Waals surface area contributed by atoms with Crippen molar-refractivity contribution < 1.29 is 14.1 Å². The number of alkyl carbamates (subject to hydrolysis) is 1. The molecule has 0 saturated carbocycles. The van der Waals surface area contributed by atoms with Crippen LogP contribution >= 0.6 is 0 Å². The van der Waals surface area contributed by atoms with E-state index in [1.807, 2.05) is 31.2 Å². The van der Waals surface area contributed by atoms with Crippen molar-refractivity contribution in [1.29, 1.82) is 0 Å². The van der Waals surface area contributed by atoms with E-state index in [9.17, 15) is 4.79 Å². The van der Waals surface area contributed by atoms with Gasteiger partial charge in [-0.05, 0) is 19.4 Å². The number of aryl methyl sites for hydroxylation is 1. The first kappa shape index (κ1) is 13.1. The summed E-state index contributed by atoms with van der Waals surface area (Å²) in [6.45, 7) is 4.19. The smallest absolute Gasteiger partial charge is 0.407 e. The molecular formula is C13H15N3O3. The van der Waals surface area contributed by atoms with E-state index in [0.717, 1.165) is 11.1 Å². The van der Waals surface area contributed by atoms with Crippen LogP contribution in [0.4, 0.5) is 4.79 Å². The maximum atomic E-state index is 11.1. The zero-order valence-electron chi connectivity index (χ0n) is 10.8. The van der Waals surface area contributed by atoms with Crippen LogP contribution in [0.25, 0.3) is 11.4 Å². The van der Waals surface area contributed by atoms with Crippen LogP contribution < -0.4 is 5.32 Å². The number of benzene rings is 1. The van der Waals surface area contributed by atoms with E-state index < -0.39 is 6.09 Å². The lowest BCUT2D eigenvalue weighted by molar-refractivity contribution is 0.150. The highest BCUT2D eigenvalue weighted by Crippen LogP contribution is 2.19. The van der Waals surface area contributed by atoms with Crippen molar-refractivity contribution in [2.24, 2.45) is 0 Å². The first-order chi connectivity index (χ1) is 9.20. The van der Waals surface area contributed by atoms with Crippen molar-refractivity contribution in [1.82, 2.24) is 15.5 Å². The minimum atomic E-state index is -0.502. The van der Waals surface area contributed by atoms with Gasteiger partial charge in [-0.1, -0.05) is 29.4 Å². The van der Waals surface area contributed by atoms with E-state index >= 15 is 0 Å². The van der Waals surface area contributed by atoms with Crippen LogP contribution in [0, 0.1) is 6.92 Å². The standard InChI is InChI=1S/C13H15N3O3/c1-3-18-13(17)14-8-11-15-12(16-19-11)10-7-5-4-6-9(10)2/h4-7H,3,8H2,1-2H3,(H,14,17). The molecule has 6 nitrogen and oxygen atoms in total. The number of nitrogens with zero attached hydrogens (tertiary/aromatic N) is 2. The largest absolute Gasteiger partial charge is 0.450 e. The highest BCUT2D eigenvalue weighted by atomic mass is 16.5. The predicted octanol–water partition coefficient (Wildman–Crippen LogP) is 2.29. The van der Waals surface area contributed by atoms with Crippen molar-refractivity contribution in [3.63, 3.8) is 0 Å². The third kappa shape index (κ3) is 3.31. The van der Waals surface area contributed by atoms with E-state index in [4.69, 9.17) is 9.26 Å². The number of amides is 1. The summed E-state index contributed by atoms with van der Waals surface area (Å²) in [5.41, 5.74) is 1.97. The van der Waals surface area contributed by atoms with Crippen molar-refractivity contribution in [2.45, 2.75) is 20.4 Å². The molecule has 2 aromatic rings. The number of ether oxygens (including phenoxy) is 1. The topological polar surface area (TPSA) is 77.2 Å². The second kappa shape index (κ2) is 5.99. The third-order valence-corrected chi connectivity index (χ3v) is 2.51. The molecular weight excluding hydrogens is 246 g/mol. The van der Waals surface area contributed by atoms with E-state index in [-0.39, 0.29) is 6.54 Å². The summed E-state index contributed by atoms with van der Waals surface area (Å²) in [6, 6.07) is 7.75. The monoisotopic (exact) mass is 261 g/mol. The van der Waals surface area contributed by atoms with E-state index in [1.54, 1.807) is 6.92 Å². The maximum absolute atomic E-state index is 11.1. The third-order valence-electron chi connectivity index (χ3n) is 2.51. The maximum Gasteiger partial charge on any atom is 0.407 e. The van der Waals surface area contributed by atoms with Crippen LogP contribution in [0.5, 0.6) is 0 Å². The van der Waals surface area contributed by atoms with Crippen molar-refractivity contribution in [2.75, 3.05) is 6.61 Å². The predicted molar refractivity (Wildman–Crippen MR) is 68.3 cm³/mol. The average Bonchev–Trinajstić information content (AvgIpc) is 2.86. The minimum Gasteiger partial charge on any atom is -0.450 e. The molecule has 1 aromatic carbocycles. The lowest BCUT2D eigenvalue weighted by atomic mass is 10.1. The highest BCUT2D eigenvalue weighted by Gasteiger charge is 2.11. The van der Waals surface area contributed by atoms with E-state index in [0.29, 0.717) is 18.3 Å². The molecule has 1 heterocycles. The number of carbonyl (C=O) groups is 1. The Morgan fingerprint density at radius 2 is 2.21 bits per heavy atom. The molecule has 100 valence electrons. The fraction of sp³-hybridized carbons (Fsp3) is 0.308. The van der Waals surface area contributed by atoms with Crippen LogP contribution in [0.3, 0.4) is 0 Å². The molecule has 0 bridgehead atoms. The summed E-state index contributed by atoms with van der Waals surface area (Å²) in [5, 5.41) is 6.41. The Kier molecular flexibility index (Phi) is 4.12. The summed E-state index contributed by atoms with van der Waals surface area (Å²) in [4.78, 5) is 15.3. The number of carbonyl (C=O) groups excluding carboxylic acids is 1. The van der Waals surface area contributed by atoms with Crippen LogP contribution in [0.1, 0.15) is 18.4 Å². The van der Waals surface area contributed by atoms with Crippen LogP contribution in [0.15, 0.2) is 28.8 Å². The number of hydrogen-bond donors (Lipinski definition) is 1. The Morgan fingerprint density at radius 3 is 2.95 bits per heavy atom. The molecule has 0 aliphatic heterocycles. The molecule has 0 fully saturated rings. The van der Waals surface area contributed by atoms with Crippen LogP contribution in [-0.2, 0) is 11.3 Å². The van der Waals surface area contributed by atoms with Gasteiger partial charge in [-0.3, -0.25) is 0 Å². The molecule has 0 spiro atoms. The fourth-order valence-electron chi connectivity index (χ4n) is 1.59. The quantitative estimate of drug-likeness (QED) is 0.913. The van der Waals surface area contributed by atoms with Gasteiger partial charge >= 0.3 is 6.09 Å². The molecule has 6 heteroatoms. The van der Waals surface area contributed by atoms with Crippen LogP contribution in [-0.4, -0.2) is 22.8 Å². The molecule has 0 atom stereocenters. The van der Waals surface area contributed by atoms with Crippen molar-refractivity contribution in [3.8, 4) is 11.4 Å². The van der Waals surface area contributed by atoms with Gasteiger partial charge in [-0.2, -0.15) is 4.98 Å². The first-order valence-corrected chi connectivity index (χ1v) is 6.00. The second-order valence-electron chi connectivity index (χ2n) is 3.90. The minimum absolute atomic E-state index is 0.151. The fourth-order valence-corrected chi connectivity index (χ4v) is 1.59. The molecule has 0 saturated heterocycles. The van der Waals surface area contributed by atoms with E-state index in [2.05, 4.69) is 15.5 Å². The van der Waals surface area contributed by atoms with Gasteiger partial charge < -0.3 is 14.6 Å². The van der Waals surface area contributed by atoms with Crippen molar-refractivity contribution >= 4 is 6.09 Å². The molecule has 1 aromatic heterocycles. The van der Waals surface area contributed by atoms with Gasteiger partial charge in [0.2, 0.25) is 11.7 Å². The molecule has 0 aliphatic rings. The summed E-state index contributed by atoms with van der Waals surface area (Å²) < 4.78 is 9.81. The number of rotatable bonds is 4. The number of hydrogen-bond acceptors (Lipinski definition) is 5. The second-order valence-corrected chi connectivity index (χ2v) is 3.90. The van der Waals surface area contributed by atoms with Gasteiger partial charge in [0, 0.05) is 5.56 Å². The zero-order chi connectivity index (χ0) is 13.7. The van der Waals surface area contributed by atoms with Crippen LogP contribution in [0.2, 0.25) is 0 Å². The normalized spacial score (nSPS) is 10.2. The van der Waals surface area contributed by atoms with Gasteiger partial charge in [0.1, 0.15) is 6.54 Å². The summed E-state index contributed by atoms with van der Waals surface area (Å²) in [5.74, 6) is 0.852. The van der Waals surface area contributed by atoms with Gasteiger partial charge in [-0.25, -0.2) is 4.79 Å². The molecule has 19 heavy (non-hydrogen) atoms. The first-order valence-electron chi connectivity index (χ1n) is 6.00. The van der Waals surface area contributed by atoms with Crippen molar-refractivity contribution in [3.05, 3.63) is 35.7 Å². The molecule has 0 aliphatic carbocycles. The van der Waals surface area contributed by atoms with Gasteiger partial charge in [-0.15, -0.1) is 0 Å². The summed E-state index contributed by atoms with van der Waals surface area (Å²) in [6.07, 6.45) is -0.502. The summed E-state index contributed by atoms with van der Waals surface area (Å²) in [7, 11) is 0. The highest BCUT2D eigenvalue weighted by molar-refractivity contribution is 5.67. The van der Waals surface area contributed by atoms with E-state index in [1.165, 1.54) is 0 Å². The lowest BCUT2D eigenvalue weighted by Gasteiger charge is -2.01. The molecule has 2 rings (SSSR count). The zero-order valence-corrected chi connectivity index (χ0v) is 10.8. The Labute approximate surface area is 110 Å². The Morgan fingerprint density at radius 1 is 1.42 bits per heavy atom. The molecule has 1 N–H and O–H groups in total. The van der Waals surface area contributed by atoms with Gasteiger partial charge in [0.15, 0.2) is 0 Å². The molecule has 0 radical (unpaired) electrons. The molecule has 0 unspecified atom stereocenters. The SMILES string of the molecule is CCOC(=O)NCc1nc(-c2ccccc2C)no1. The average molecular weight is 261 g/mol. The Hall–Kier alpha value is -2.37. The number of nitrogens with one attached hydrogen (secondary N) is 1. The Balaban J connectivity index is 2.04. The van der Waals surface area contributed by atoms with Gasteiger partial charge in [0.05, 0.1) is 6.61 Å².